The molecule has 1 aliphatic rings. The van der Waals surface area contributed by atoms with Crippen LogP contribution in [0.15, 0.2) is 12.1 Å². The van der Waals surface area contributed by atoms with Gasteiger partial charge < -0.3 is 9.67 Å². The predicted molar refractivity (Wildman–Crippen MR) is 110 cm³/mol. The third-order valence-corrected chi connectivity index (χ3v) is 5.08. The molecule has 25 heavy (non-hydrogen) atoms. The molecule has 1 aliphatic heterocycles. The Morgan fingerprint density at radius 3 is 1.96 bits per heavy atom. The summed E-state index contributed by atoms with van der Waals surface area (Å²) in [5.41, 5.74) is 5.21. The zero-order valence-electron chi connectivity index (χ0n) is 16.5. The van der Waals surface area contributed by atoms with Gasteiger partial charge in [-0.25, -0.2) is 4.98 Å². The summed E-state index contributed by atoms with van der Waals surface area (Å²) in [6, 6.07) is 4.27. The molecule has 0 bridgehead atoms. The number of aryl methyl sites for hydroxylation is 1. The topological polar surface area (TPSA) is 38.1 Å². The van der Waals surface area contributed by atoms with Crippen LogP contribution in [0, 0.1) is 6.92 Å². The number of rotatable bonds is 1. The van der Waals surface area contributed by atoms with E-state index in [1.807, 2.05) is 0 Å². The van der Waals surface area contributed by atoms with Gasteiger partial charge in [0.25, 0.3) is 0 Å². The summed E-state index contributed by atoms with van der Waals surface area (Å²) in [6.07, 6.45) is 2.26. The molecule has 2 heterocycles. The lowest BCUT2D eigenvalue weighted by Crippen LogP contribution is -2.17. The first-order valence-corrected chi connectivity index (χ1v) is 8.94. The molecule has 4 heteroatoms. The molecule has 1 aromatic carbocycles. The monoisotopic (exact) mass is 406 g/mol. The second-order valence-electron chi connectivity index (χ2n) is 9.14. The first kappa shape index (κ1) is 20.0. The Hall–Kier alpha value is -1.29. The van der Waals surface area contributed by atoms with Gasteiger partial charge >= 0.3 is 0 Å². The Labute approximate surface area is 162 Å². The number of imidazole rings is 1. The van der Waals surface area contributed by atoms with Gasteiger partial charge in [-0.3, -0.25) is 0 Å². The minimum Gasteiger partial charge on any atom is -0.507 e. The molecule has 0 saturated heterocycles. The van der Waals surface area contributed by atoms with E-state index in [0.717, 1.165) is 35.3 Å². The van der Waals surface area contributed by atoms with Gasteiger partial charge in [0, 0.05) is 35.3 Å². The number of aromatic hydroxyl groups is 1. The van der Waals surface area contributed by atoms with Crippen LogP contribution in [0.25, 0.3) is 11.3 Å². The third kappa shape index (κ3) is 3.51. The molecule has 0 amide bonds. The van der Waals surface area contributed by atoms with Crippen molar-refractivity contribution in [2.75, 3.05) is 0 Å². The maximum atomic E-state index is 10.9. The van der Waals surface area contributed by atoms with E-state index in [4.69, 9.17) is 4.98 Å². The van der Waals surface area contributed by atoms with Crippen molar-refractivity contribution in [2.45, 2.75) is 78.7 Å². The van der Waals surface area contributed by atoms with Crippen molar-refractivity contribution in [3.05, 3.63) is 34.8 Å². The van der Waals surface area contributed by atoms with Gasteiger partial charge in [0.15, 0.2) is 0 Å². The van der Waals surface area contributed by atoms with Crippen molar-refractivity contribution in [1.29, 1.82) is 0 Å². The van der Waals surface area contributed by atoms with Gasteiger partial charge in [-0.15, -0.1) is 17.0 Å². The molecule has 2 aromatic rings. The number of benzene rings is 1. The van der Waals surface area contributed by atoms with Gasteiger partial charge in [0.1, 0.15) is 11.6 Å². The average Bonchev–Trinajstić information content (AvgIpc) is 3.00. The minimum atomic E-state index is -0.115. The number of fused-ring (bicyclic) bond motifs is 1. The van der Waals surface area contributed by atoms with Gasteiger partial charge in [0.05, 0.1) is 5.69 Å². The lowest BCUT2D eigenvalue weighted by molar-refractivity contribution is 0.423. The molecular weight excluding hydrogens is 376 g/mol. The highest BCUT2D eigenvalue weighted by atomic mass is 79.9. The summed E-state index contributed by atoms with van der Waals surface area (Å²) in [7, 11) is 0. The van der Waals surface area contributed by atoms with Crippen LogP contribution >= 0.6 is 17.0 Å². The zero-order chi connectivity index (χ0) is 17.9. The zero-order valence-corrected chi connectivity index (χ0v) is 18.2. The van der Waals surface area contributed by atoms with Crippen molar-refractivity contribution in [2.24, 2.45) is 0 Å². The van der Waals surface area contributed by atoms with Crippen LogP contribution < -0.4 is 0 Å². The Kier molecular flexibility index (Phi) is 5.17. The van der Waals surface area contributed by atoms with Crippen LogP contribution in [0.1, 0.15) is 70.6 Å². The molecule has 0 radical (unpaired) electrons. The Bertz CT molecular complexity index is 756. The summed E-state index contributed by atoms with van der Waals surface area (Å²) in [6.45, 7) is 16.1. The van der Waals surface area contributed by atoms with Crippen molar-refractivity contribution in [1.82, 2.24) is 9.55 Å². The number of phenols is 1. The van der Waals surface area contributed by atoms with Crippen LogP contribution in [0.4, 0.5) is 0 Å². The average molecular weight is 407 g/mol. The predicted octanol–water partition coefficient (Wildman–Crippen LogP) is 5.68. The molecule has 1 N–H and O–H groups in total. The largest absolute Gasteiger partial charge is 0.507 e. The van der Waals surface area contributed by atoms with E-state index in [0.29, 0.717) is 5.75 Å². The fourth-order valence-corrected chi connectivity index (χ4v) is 3.66. The highest BCUT2D eigenvalue weighted by molar-refractivity contribution is 8.93. The number of aromatic nitrogens is 2. The van der Waals surface area contributed by atoms with E-state index in [9.17, 15) is 5.11 Å². The molecule has 0 unspecified atom stereocenters. The first-order valence-electron chi connectivity index (χ1n) is 8.94. The smallest absolute Gasteiger partial charge is 0.123 e. The normalized spacial score (nSPS) is 14.4. The van der Waals surface area contributed by atoms with Gasteiger partial charge in [0.2, 0.25) is 0 Å². The molecule has 1 aromatic heterocycles. The summed E-state index contributed by atoms with van der Waals surface area (Å²) >= 11 is 0. The fraction of sp³-hybridized carbons (Fsp3) is 0.571. The number of nitrogens with zero attached hydrogens (tertiary/aromatic N) is 2. The Morgan fingerprint density at radius 1 is 1.00 bits per heavy atom. The van der Waals surface area contributed by atoms with Crippen LogP contribution in [0.3, 0.4) is 0 Å². The van der Waals surface area contributed by atoms with Crippen molar-refractivity contribution in [3.8, 4) is 17.0 Å². The molecule has 138 valence electrons. The highest BCUT2D eigenvalue weighted by Gasteiger charge is 2.28. The number of phenolic OH excluding ortho intramolecular Hbond substituents is 1. The van der Waals surface area contributed by atoms with Crippen LogP contribution in [-0.2, 0) is 23.8 Å². The van der Waals surface area contributed by atoms with Crippen molar-refractivity contribution in [3.63, 3.8) is 0 Å². The van der Waals surface area contributed by atoms with Crippen molar-refractivity contribution < 1.29 is 5.11 Å². The van der Waals surface area contributed by atoms with E-state index in [2.05, 4.69) is 65.2 Å². The summed E-state index contributed by atoms with van der Waals surface area (Å²) in [4.78, 5) is 4.92. The van der Waals surface area contributed by atoms with Crippen LogP contribution in [0.5, 0.6) is 5.75 Å². The van der Waals surface area contributed by atoms with E-state index in [-0.39, 0.29) is 27.8 Å². The fourth-order valence-electron chi connectivity index (χ4n) is 3.66. The number of hydrogen-bond acceptors (Lipinski definition) is 2. The summed E-state index contributed by atoms with van der Waals surface area (Å²) in [5.74, 6) is 1.63. The van der Waals surface area contributed by atoms with E-state index in [1.54, 1.807) is 0 Å². The molecule has 3 rings (SSSR count). The molecule has 0 saturated carbocycles. The van der Waals surface area contributed by atoms with Crippen LogP contribution in [0.2, 0.25) is 0 Å². The van der Waals surface area contributed by atoms with E-state index >= 15 is 0 Å². The second kappa shape index (κ2) is 6.46. The van der Waals surface area contributed by atoms with Crippen LogP contribution in [-0.4, -0.2) is 14.7 Å². The molecule has 0 spiro atoms. The highest BCUT2D eigenvalue weighted by Crippen LogP contribution is 2.42. The summed E-state index contributed by atoms with van der Waals surface area (Å²) < 4.78 is 2.34. The van der Waals surface area contributed by atoms with Gasteiger partial charge in [-0.1, -0.05) is 41.5 Å². The lowest BCUT2D eigenvalue weighted by atomic mass is 9.78. The lowest BCUT2D eigenvalue weighted by Gasteiger charge is -2.28. The summed E-state index contributed by atoms with van der Waals surface area (Å²) in [5, 5.41) is 10.9. The minimum absolute atomic E-state index is 0. The molecule has 3 nitrogen and oxygen atoms in total. The third-order valence-electron chi connectivity index (χ3n) is 5.08. The van der Waals surface area contributed by atoms with E-state index in [1.165, 1.54) is 17.9 Å². The molecule has 0 atom stereocenters. The molecule has 0 fully saturated rings. The Morgan fingerprint density at radius 2 is 1.52 bits per heavy atom. The number of halogens is 1. The number of hydrogen-bond donors (Lipinski definition) is 1. The molecule has 0 aliphatic carbocycles. The SMILES string of the molecule is Br.Cc1c(-c2cc(C(C)(C)C)c(O)c(C(C)(C)C)c2)nc2n1CCC2. The standard InChI is InChI=1S/C21H30N2O.BrH/c1-13-18(22-17-9-8-10-23(13)17)14-11-15(20(2,3)4)19(24)16(12-14)21(5,6)7;/h11-12,24H,8-10H2,1-7H3;1H. The van der Waals surface area contributed by atoms with Gasteiger partial charge in [-0.2, -0.15) is 0 Å². The maximum absolute atomic E-state index is 10.9. The van der Waals surface area contributed by atoms with Crippen molar-refractivity contribution >= 4 is 17.0 Å². The Balaban J connectivity index is 0.00000225. The first-order chi connectivity index (χ1) is 11.0. The maximum Gasteiger partial charge on any atom is 0.123 e. The molecular formula is C21H31BrN2O. The van der Waals surface area contributed by atoms with Gasteiger partial charge in [-0.05, 0) is 36.3 Å². The quantitative estimate of drug-likeness (QED) is 0.660. The van der Waals surface area contributed by atoms with E-state index < -0.39 is 0 Å². The second-order valence-corrected chi connectivity index (χ2v) is 9.14.